The number of ether oxygens (including phenoxy) is 1. The van der Waals surface area contributed by atoms with E-state index in [4.69, 9.17) is 22.1 Å². The number of rotatable bonds is 8. The van der Waals surface area contributed by atoms with Crippen molar-refractivity contribution in [2.75, 3.05) is 6.61 Å². The Morgan fingerprint density at radius 1 is 1.03 bits per heavy atom. The Morgan fingerprint density at radius 2 is 1.77 bits per heavy atom. The first-order valence-electron chi connectivity index (χ1n) is 10.0. The number of primary amides is 1. The first-order chi connectivity index (χ1) is 15.0. The van der Waals surface area contributed by atoms with Gasteiger partial charge >= 0.3 is 0 Å². The zero-order valence-corrected chi connectivity index (χ0v) is 17.6. The van der Waals surface area contributed by atoms with Crippen LogP contribution in [0.25, 0.3) is 22.0 Å². The Balaban J connectivity index is 1.58. The van der Waals surface area contributed by atoms with Crippen molar-refractivity contribution in [2.45, 2.75) is 19.4 Å². The molecule has 0 bridgehead atoms. The number of nitrogens with zero attached hydrogens (tertiary/aromatic N) is 1. The second kappa shape index (κ2) is 9.23. The van der Waals surface area contributed by atoms with Gasteiger partial charge in [-0.25, -0.2) is 4.39 Å². The Morgan fingerprint density at radius 3 is 2.52 bits per heavy atom. The van der Waals surface area contributed by atoms with E-state index in [0.29, 0.717) is 6.61 Å². The zero-order valence-electron chi connectivity index (χ0n) is 16.9. The molecule has 2 N–H and O–H groups in total. The molecule has 0 aliphatic heterocycles. The fraction of sp³-hybridized carbons (Fsp3) is 0.160. The first kappa shape index (κ1) is 20.9. The summed E-state index contributed by atoms with van der Waals surface area (Å²) < 4.78 is 21.4. The van der Waals surface area contributed by atoms with Crippen molar-refractivity contribution in [3.8, 4) is 16.9 Å². The van der Waals surface area contributed by atoms with Crippen LogP contribution in [0.3, 0.4) is 0 Å². The van der Waals surface area contributed by atoms with Gasteiger partial charge in [0.25, 0.3) is 0 Å². The van der Waals surface area contributed by atoms with Crippen LogP contribution in [0.2, 0.25) is 5.02 Å². The molecule has 0 radical (unpaired) electrons. The summed E-state index contributed by atoms with van der Waals surface area (Å²) >= 11 is 5.95. The van der Waals surface area contributed by atoms with Gasteiger partial charge in [0.1, 0.15) is 11.6 Å². The minimum Gasteiger partial charge on any atom is -0.494 e. The quantitative estimate of drug-likeness (QED) is 0.365. The number of fused-ring (bicyclic) bond motifs is 1. The molecule has 0 saturated carbocycles. The standard InChI is InChI=1S/C25H22ClFN2O2/c26-22-14-18(7-9-23(22)27)17-8-10-24-21(13-17)19(15-25(28)30)16-29(24)11-4-12-31-20-5-2-1-3-6-20/h1-3,5-10,13-14,16H,4,11-12,15H2,(H2,28,30). The van der Waals surface area contributed by atoms with E-state index in [0.717, 1.165) is 46.3 Å². The smallest absolute Gasteiger partial charge is 0.221 e. The highest BCUT2D eigenvalue weighted by atomic mass is 35.5. The second-order valence-corrected chi connectivity index (χ2v) is 7.77. The van der Waals surface area contributed by atoms with Crippen molar-refractivity contribution in [3.63, 3.8) is 0 Å². The van der Waals surface area contributed by atoms with Crippen molar-refractivity contribution < 1.29 is 13.9 Å². The van der Waals surface area contributed by atoms with E-state index in [-0.39, 0.29) is 17.4 Å². The van der Waals surface area contributed by atoms with Gasteiger partial charge in [0.2, 0.25) is 5.91 Å². The highest BCUT2D eigenvalue weighted by Crippen LogP contribution is 2.30. The summed E-state index contributed by atoms with van der Waals surface area (Å²) in [7, 11) is 0. The van der Waals surface area contributed by atoms with E-state index in [1.54, 1.807) is 12.1 Å². The lowest BCUT2D eigenvalue weighted by Crippen LogP contribution is -2.13. The molecule has 31 heavy (non-hydrogen) atoms. The van der Waals surface area contributed by atoms with Gasteiger partial charge in [-0.15, -0.1) is 0 Å². The van der Waals surface area contributed by atoms with Crippen LogP contribution in [0.15, 0.2) is 72.9 Å². The molecule has 6 heteroatoms. The third kappa shape index (κ3) is 4.89. The maximum atomic E-state index is 13.5. The molecule has 4 rings (SSSR count). The van der Waals surface area contributed by atoms with Gasteiger partial charge in [0, 0.05) is 23.6 Å². The molecular formula is C25H22ClFN2O2. The Kier molecular flexibility index (Phi) is 6.23. The summed E-state index contributed by atoms with van der Waals surface area (Å²) in [5.41, 5.74) is 9.04. The van der Waals surface area contributed by atoms with Crippen molar-refractivity contribution >= 4 is 28.4 Å². The predicted octanol–water partition coefficient (Wildman–Crippen LogP) is 5.60. The van der Waals surface area contributed by atoms with E-state index in [9.17, 15) is 9.18 Å². The minimum absolute atomic E-state index is 0.0749. The highest BCUT2D eigenvalue weighted by Gasteiger charge is 2.13. The fourth-order valence-electron chi connectivity index (χ4n) is 3.68. The number of carbonyl (C=O) groups is 1. The van der Waals surface area contributed by atoms with Crippen LogP contribution >= 0.6 is 11.6 Å². The van der Waals surface area contributed by atoms with Crippen LogP contribution in [0.5, 0.6) is 5.75 Å². The monoisotopic (exact) mass is 436 g/mol. The number of aromatic nitrogens is 1. The number of nitrogens with two attached hydrogens (primary N) is 1. The van der Waals surface area contributed by atoms with E-state index in [2.05, 4.69) is 4.57 Å². The number of hydrogen-bond acceptors (Lipinski definition) is 2. The average Bonchev–Trinajstić information content (AvgIpc) is 3.10. The van der Waals surface area contributed by atoms with Gasteiger partial charge in [0.15, 0.2) is 0 Å². The largest absolute Gasteiger partial charge is 0.494 e. The van der Waals surface area contributed by atoms with Gasteiger partial charge in [-0.1, -0.05) is 41.9 Å². The summed E-state index contributed by atoms with van der Waals surface area (Å²) in [4.78, 5) is 11.6. The van der Waals surface area contributed by atoms with E-state index in [1.807, 2.05) is 54.7 Å². The molecule has 1 heterocycles. The van der Waals surface area contributed by atoms with Crippen LogP contribution in [0, 0.1) is 5.82 Å². The maximum Gasteiger partial charge on any atom is 0.221 e. The number of amides is 1. The number of benzene rings is 3. The molecular weight excluding hydrogens is 415 g/mol. The number of hydrogen-bond donors (Lipinski definition) is 1. The van der Waals surface area contributed by atoms with Crippen LogP contribution in [0.4, 0.5) is 4.39 Å². The molecule has 0 fully saturated rings. The van der Waals surface area contributed by atoms with Crippen LogP contribution in [-0.2, 0) is 17.8 Å². The van der Waals surface area contributed by atoms with Crippen molar-refractivity contribution in [1.82, 2.24) is 4.57 Å². The SMILES string of the molecule is NC(=O)Cc1cn(CCCOc2ccccc2)c2ccc(-c3ccc(F)c(Cl)c3)cc12. The number of para-hydroxylation sites is 1. The van der Waals surface area contributed by atoms with Gasteiger partial charge in [-0.05, 0) is 59.5 Å². The molecule has 0 saturated heterocycles. The lowest BCUT2D eigenvalue weighted by atomic mass is 10.0. The molecule has 158 valence electrons. The Labute approximate surface area is 185 Å². The van der Waals surface area contributed by atoms with Gasteiger partial charge < -0.3 is 15.0 Å². The molecule has 0 spiro atoms. The molecule has 0 aliphatic carbocycles. The normalized spacial score (nSPS) is 11.0. The van der Waals surface area contributed by atoms with E-state index >= 15 is 0 Å². The van der Waals surface area contributed by atoms with Crippen molar-refractivity contribution in [2.24, 2.45) is 5.73 Å². The third-order valence-corrected chi connectivity index (χ3v) is 5.43. The lowest BCUT2D eigenvalue weighted by Gasteiger charge is -2.09. The van der Waals surface area contributed by atoms with Crippen molar-refractivity contribution in [1.29, 1.82) is 0 Å². The molecule has 1 amide bonds. The second-order valence-electron chi connectivity index (χ2n) is 7.37. The first-order valence-corrected chi connectivity index (χ1v) is 10.4. The van der Waals surface area contributed by atoms with Gasteiger partial charge in [0.05, 0.1) is 18.1 Å². The van der Waals surface area contributed by atoms with Crippen LogP contribution in [-0.4, -0.2) is 17.1 Å². The summed E-state index contributed by atoms with van der Waals surface area (Å²) in [6.07, 6.45) is 2.93. The van der Waals surface area contributed by atoms with Gasteiger partial charge in [-0.2, -0.15) is 0 Å². The third-order valence-electron chi connectivity index (χ3n) is 5.14. The molecule has 0 aliphatic rings. The summed E-state index contributed by atoms with van der Waals surface area (Å²) in [6, 6.07) is 20.3. The van der Waals surface area contributed by atoms with Crippen LogP contribution in [0.1, 0.15) is 12.0 Å². The lowest BCUT2D eigenvalue weighted by molar-refractivity contribution is -0.117. The minimum atomic E-state index is -0.454. The topological polar surface area (TPSA) is 57.2 Å². The summed E-state index contributed by atoms with van der Waals surface area (Å²) in [5, 5.41) is 1.02. The predicted molar refractivity (Wildman–Crippen MR) is 122 cm³/mol. The molecule has 1 aromatic heterocycles. The Hall–Kier alpha value is -3.31. The Bertz CT molecular complexity index is 1220. The molecule has 0 atom stereocenters. The van der Waals surface area contributed by atoms with Crippen molar-refractivity contribution in [3.05, 3.63) is 89.3 Å². The fourth-order valence-corrected chi connectivity index (χ4v) is 3.86. The maximum absolute atomic E-state index is 13.5. The highest BCUT2D eigenvalue weighted by molar-refractivity contribution is 6.31. The molecule has 4 aromatic rings. The van der Waals surface area contributed by atoms with Gasteiger partial charge in [-0.3, -0.25) is 4.79 Å². The zero-order chi connectivity index (χ0) is 21.8. The molecule has 0 unspecified atom stereocenters. The molecule has 4 nitrogen and oxygen atoms in total. The summed E-state index contributed by atoms with van der Waals surface area (Å²) in [6.45, 7) is 1.32. The summed E-state index contributed by atoms with van der Waals surface area (Å²) in [5.74, 6) is 0.00311. The van der Waals surface area contributed by atoms with E-state index < -0.39 is 5.82 Å². The molecule has 3 aromatic carbocycles. The van der Waals surface area contributed by atoms with E-state index in [1.165, 1.54) is 6.07 Å². The average molecular weight is 437 g/mol. The number of halogens is 2. The number of aryl methyl sites for hydroxylation is 1. The number of carbonyl (C=O) groups excluding carboxylic acids is 1. The van der Waals surface area contributed by atoms with Crippen LogP contribution < -0.4 is 10.5 Å².